The van der Waals surface area contributed by atoms with Gasteiger partial charge in [0.05, 0.1) is 13.1 Å². The van der Waals surface area contributed by atoms with Crippen LogP contribution in [0.5, 0.6) is 0 Å². The Kier molecular flexibility index (Phi) is 4.38. The van der Waals surface area contributed by atoms with Gasteiger partial charge in [-0.05, 0) is 44.6 Å². The molecular formula is C13H22NO+. The predicted octanol–water partition coefficient (Wildman–Crippen LogP) is 0.386. The quantitative estimate of drug-likeness (QED) is 0.498. The molecule has 1 heterocycles. The van der Waals surface area contributed by atoms with Crippen LogP contribution in [0.1, 0.15) is 33.1 Å². The molecule has 1 aliphatic rings. The second-order valence-electron chi connectivity index (χ2n) is 4.64. The van der Waals surface area contributed by atoms with Gasteiger partial charge in [-0.3, -0.25) is 0 Å². The van der Waals surface area contributed by atoms with Gasteiger partial charge < -0.3 is 10.0 Å². The minimum atomic E-state index is -1.02. The summed E-state index contributed by atoms with van der Waals surface area (Å²) in [7, 11) is 0. The molecule has 0 aromatic rings. The molecule has 2 N–H and O–H groups in total. The SMILES string of the molecule is C=C(C)[C@@](C)(O)C#CC[NH+]1CCCCC1. The van der Waals surface area contributed by atoms with Gasteiger partial charge in [-0.1, -0.05) is 12.5 Å². The molecule has 1 rings (SSSR count). The molecule has 0 unspecified atom stereocenters. The molecule has 1 atom stereocenters. The average Bonchev–Trinajstić information content (AvgIpc) is 2.19. The van der Waals surface area contributed by atoms with Crippen LogP contribution < -0.4 is 4.90 Å². The van der Waals surface area contributed by atoms with E-state index in [1.807, 2.05) is 6.92 Å². The first-order chi connectivity index (χ1) is 7.02. The fourth-order valence-electron chi connectivity index (χ4n) is 1.68. The first-order valence-electron chi connectivity index (χ1n) is 5.74. The molecular weight excluding hydrogens is 186 g/mol. The molecule has 2 heteroatoms. The fourth-order valence-corrected chi connectivity index (χ4v) is 1.68. The maximum Gasteiger partial charge on any atom is 0.143 e. The molecule has 0 radical (unpaired) electrons. The topological polar surface area (TPSA) is 24.7 Å². The highest BCUT2D eigenvalue weighted by Crippen LogP contribution is 2.11. The van der Waals surface area contributed by atoms with E-state index in [1.54, 1.807) is 11.8 Å². The van der Waals surface area contributed by atoms with Gasteiger partial charge in [0.2, 0.25) is 0 Å². The van der Waals surface area contributed by atoms with Crippen LogP contribution in [0, 0.1) is 11.8 Å². The van der Waals surface area contributed by atoms with Crippen LogP contribution >= 0.6 is 0 Å². The van der Waals surface area contributed by atoms with Crippen LogP contribution in [-0.4, -0.2) is 30.3 Å². The molecule has 1 saturated heterocycles. The summed E-state index contributed by atoms with van der Waals surface area (Å²) in [6.45, 7) is 10.5. The average molecular weight is 208 g/mol. The Balaban J connectivity index is 2.41. The largest absolute Gasteiger partial charge is 0.374 e. The highest BCUT2D eigenvalue weighted by atomic mass is 16.3. The molecule has 0 aromatic carbocycles. The van der Waals surface area contributed by atoms with E-state index >= 15 is 0 Å². The van der Waals surface area contributed by atoms with Gasteiger partial charge >= 0.3 is 0 Å². The van der Waals surface area contributed by atoms with E-state index in [0.717, 1.165) is 6.54 Å². The smallest absolute Gasteiger partial charge is 0.143 e. The molecule has 0 spiro atoms. The van der Waals surface area contributed by atoms with Gasteiger partial charge in [-0.15, -0.1) is 0 Å². The van der Waals surface area contributed by atoms with E-state index in [1.165, 1.54) is 32.4 Å². The van der Waals surface area contributed by atoms with Crippen LogP contribution in [0.3, 0.4) is 0 Å². The molecule has 0 aromatic heterocycles. The van der Waals surface area contributed by atoms with Crippen molar-refractivity contribution in [2.24, 2.45) is 0 Å². The Hall–Kier alpha value is -0.780. The van der Waals surface area contributed by atoms with Crippen LogP contribution in [0.25, 0.3) is 0 Å². The summed E-state index contributed by atoms with van der Waals surface area (Å²) in [6, 6.07) is 0. The Morgan fingerprint density at radius 3 is 2.53 bits per heavy atom. The van der Waals surface area contributed by atoms with E-state index in [9.17, 15) is 5.11 Å². The Morgan fingerprint density at radius 1 is 1.40 bits per heavy atom. The first-order valence-corrected chi connectivity index (χ1v) is 5.74. The van der Waals surface area contributed by atoms with Gasteiger partial charge in [-0.25, -0.2) is 0 Å². The van der Waals surface area contributed by atoms with Gasteiger partial charge in [0, 0.05) is 0 Å². The fraction of sp³-hybridized carbons (Fsp3) is 0.692. The van der Waals surface area contributed by atoms with Crippen LogP contribution in [0.4, 0.5) is 0 Å². The van der Waals surface area contributed by atoms with Crippen LogP contribution in [0.2, 0.25) is 0 Å². The van der Waals surface area contributed by atoms with Crippen molar-refractivity contribution < 1.29 is 10.0 Å². The molecule has 0 aliphatic carbocycles. The summed E-state index contributed by atoms with van der Waals surface area (Å²) in [6.07, 6.45) is 3.99. The number of hydrogen-bond donors (Lipinski definition) is 2. The summed E-state index contributed by atoms with van der Waals surface area (Å²) in [5.74, 6) is 5.97. The maximum atomic E-state index is 9.84. The molecule has 2 nitrogen and oxygen atoms in total. The summed E-state index contributed by atoms with van der Waals surface area (Å²) in [4.78, 5) is 1.55. The highest BCUT2D eigenvalue weighted by Gasteiger charge is 2.17. The van der Waals surface area contributed by atoms with E-state index in [-0.39, 0.29) is 0 Å². The Labute approximate surface area is 93.0 Å². The summed E-state index contributed by atoms with van der Waals surface area (Å²) < 4.78 is 0. The second-order valence-corrected chi connectivity index (χ2v) is 4.64. The van der Waals surface area contributed by atoms with Gasteiger partial charge in [0.25, 0.3) is 0 Å². The highest BCUT2D eigenvalue weighted by molar-refractivity contribution is 5.25. The lowest BCUT2D eigenvalue weighted by atomic mass is 10.00. The minimum Gasteiger partial charge on any atom is -0.374 e. The Morgan fingerprint density at radius 2 is 2.00 bits per heavy atom. The van der Waals surface area contributed by atoms with Crippen molar-refractivity contribution in [3.05, 3.63) is 12.2 Å². The number of nitrogens with one attached hydrogen (secondary N) is 1. The number of piperidine rings is 1. The molecule has 84 valence electrons. The van der Waals surface area contributed by atoms with Crippen molar-refractivity contribution in [1.29, 1.82) is 0 Å². The van der Waals surface area contributed by atoms with E-state index < -0.39 is 5.60 Å². The molecule has 1 fully saturated rings. The number of hydrogen-bond acceptors (Lipinski definition) is 1. The lowest BCUT2D eigenvalue weighted by Gasteiger charge is -2.21. The number of quaternary nitrogens is 1. The predicted molar refractivity (Wildman–Crippen MR) is 62.6 cm³/mol. The lowest BCUT2D eigenvalue weighted by molar-refractivity contribution is -0.897. The number of rotatable bonds is 2. The first kappa shape index (κ1) is 12.3. The van der Waals surface area contributed by atoms with Gasteiger partial charge in [0.15, 0.2) is 0 Å². The summed E-state index contributed by atoms with van der Waals surface area (Å²) >= 11 is 0. The zero-order valence-corrected chi connectivity index (χ0v) is 9.90. The van der Waals surface area contributed by atoms with Crippen molar-refractivity contribution in [2.75, 3.05) is 19.6 Å². The maximum absolute atomic E-state index is 9.84. The zero-order valence-electron chi connectivity index (χ0n) is 9.90. The normalized spacial score (nSPS) is 21.3. The van der Waals surface area contributed by atoms with Crippen molar-refractivity contribution in [3.8, 4) is 11.8 Å². The molecule has 0 bridgehead atoms. The van der Waals surface area contributed by atoms with Crippen molar-refractivity contribution in [1.82, 2.24) is 0 Å². The third kappa shape index (κ3) is 4.07. The molecule has 0 amide bonds. The monoisotopic (exact) mass is 208 g/mol. The molecule has 1 aliphatic heterocycles. The van der Waals surface area contributed by atoms with Gasteiger partial charge in [-0.2, -0.15) is 0 Å². The minimum absolute atomic E-state index is 0.712. The number of likely N-dealkylation sites (tertiary alicyclic amines) is 1. The van der Waals surface area contributed by atoms with E-state index in [0.29, 0.717) is 5.57 Å². The van der Waals surface area contributed by atoms with Crippen LogP contribution in [-0.2, 0) is 0 Å². The van der Waals surface area contributed by atoms with Crippen molar-refractivity contribution >= 4 is 0 Å². The molecule has 15 heavy (non-hydrogen) atoms. The third-order valence-electron chi connectivity index (χ3n) is 3.06. The van der Waals surface area contributed by atoms with Crippen molar-refractivity contribution in [2.45, 2.75) is 38.7 Å². The van der Waals surface area contributed by atoms with E-state index in [4.69, 9.17) is 0 Å². The second kappa shape index (κ2) is 5.34. The standard InChI is InChI=1S/C13H21NO/c1-12(2)13(3,15)8-7-11-14-9-5-4-6-10-14/h15H,1,4-6,9-11H2,2-3H3/p+1/t13-/m0/s1. The van der Waals surface area contributed by atoms with Crippen molar-refractivity contribution in [3.63, 3.8) is 0 Å². The summed E-state index contributed by atoms with van der Waals surface area (Å²) in [5, 5.41) is 9.84. The third-order valence-corrected chi connectivity index (χ3v) is 3.06. The summed E-state index contributed by atoms with van der Waals surface area (Å²) in [5.41, 5.74) is -0.307. The van der Waals surface area contributed by atoms with E-state index in [2.05, 4.69) is 18.4 Å². The molecule has 0 saturated carbocycles. The zero-order chi connectivity index (χ0) is 11.3. The number of aliphatic hydroxyl groups is 1. The van der Waals surface area contributed by atoms with Gasteiger partial charge in [0.1, 0.15) is 12.1 Å². The lowest BCUT2D eigenvalue weighted by Crippen LogP contribution is -3.12. The van der Waals surface area contributed by atoms with Crippen LogP contribution in [0.15, 0.2) is 12.2 Å². The Bertz CT molecular complexity index is 277.